The molecule has 4 rings (SSSR count). The molecule has 10 heteroatoms. The van der Waals surface area contributed by atoms with Gasteiger partial charge in [0.15, 0.2) is 5.13 Å². The third-order valence-corrected chi connectivity index (χ3v) is 6.63. The van der Waals surface area contributed by atoms with Crippen LogP contribution in [0.1, 0.15) is 6.99 Å². The Labute approximate surface area is 172 Å². The van der Waals surface area contributed by atoms with Crippen LogP contribution in [-0.4, -0.2) is 32.4 Å². The van der Waals surface area contributed by atoms with Gasteiger partial charge in [-0.05, 0) is 48.4 Å². The lowest BCUT2D eigenvalue weighted by Gasteiger charge is -2.18. The van der Waals surface area contributed by atoms with E-state index in [1.54, 1.807) is 34.5 Å². The van der Waals surface area contributed by atoms with Crippen molar-refractivity contribution in [1.29, 1.82) is 0 Å². The number of fused-ring (bicyclic) bond motifs is 1. The molecule has 2 aromatic carbocycles. The van der Waals surface area contributed by atoms with Gasteiger partial charge in [-0.1, -0.05) is 6.07 Å². The van der Waals surface area contributed by atoms with Crippen molar-refractivity contribution in [3.05, 3.63) is 65.4 Å². The molecule has 0 bridgehead atoms. The van der Waals surface area contributed by atoms with Crippen LogP contribution in [0, 0.1) is 5.82 Å². The zero-order chi connectivity index (χ0) is 20.4. The summed E-state index contributed by atoms with van der Waals surface area (Å²) in [6.45, 7) is 0.469. The number of nitrogens with zero attached hydrogens (tertiary/aromatic N) is 2. The van der Waals surface area contributed by atoms with Gasteiger partial charge in [-0.15, -0.1) is 11.3 Å². The molecule has 1 aliphatic rings. The lowest BCUT2D eigenvalue weighted by molar-refractivity contribution is -0.116. The summed E-state index contributed by atoms with van der Waals surface area (Å²) in [5.74, 6) is -0.557. The molecule has 7 nitrogen and oxygen atoms in total. The van der Waals surface area contributed by atoms with Crippen molar-refractivity contribution in [2.75, 3.05) is 28.0 Å². The summed E-state index contributed by atoms with van der Waals surface area (Å²) in [5, 5.41) is 4.89. The highest BCUT2D eigenvalue weighted by molar-refractivity contribution is 7.93. The monoisotopic (exact) mass is 434 g/mol. The molecule has 1 amide bonds. The lowest BCUT2D eigenvalue weighted by atomic mass is 10.2. The Morgan fingerprint density at radius 1 is 1.28 bits per heavy atom. The summed E-state index contributed by atoms with van der Waals surface area (Å²) >= 11 is 1.19. The summed E-state index contributed by atoms with van der Waals surface area (Å²) in [4.78, 5) is 18.2. The first kappa shape index (κ1) is 19.3. The minimum absolute atomic E-state index is 0. The number of rotatable bonds is 6. The molecule has 0 aliphatic carbocycles. The molecule has 0 fully saturated rings. The molecule has 29 heavy (non-hydrogen) atoms. The van der Waals surface area contributed by atoms with E-state index in [1.807, 2.05) is 0 Å². The first-order valence-electron chi connectivity index (χ1n) is 8.77. The van der Waals surface area contributed by atoms with E-state index in [-0.39, 0.29) is 24.6 Å². The van der Waals surface area contributed by atoms with Gasteiger partial charge in [0.25, 0.3) is 10.0 Å². The second-order valence-corrected chi connectivity index (χ2v) is 8.97. The molecule has 0 saturated heterocycles. The summed E-state index contributed by atoms with van der Waals surface area (Å²) in [7, 11) is -3.75. The standard InChI is InChI=1S/C19H17FN4O3S2.H2/c20-14-2-1-3-15(11-14)22-12-18(25)24-8-6-13-10-16(4-5-17(13)24)29(26,27)23-19-21-7-9-28-19;/h1-5,7,9-11,22H,6,8,12H2,(H,21,23);1H. The van der Waals surface area contributed by atoms with Gasteiger partial charge >= 0.3 is 0 Å². The molecule has 2 heterocycles. The van der Waals surface area contributed by atoms with Crippen molar-refractivity contribution in [2.45, 2.75) is 11.3 Å². The van der Waals surface area contributed by atoms with Crippen molar-refractivity contribution in [1.82, 2.24) is 4.98 Å². The molecular weight excluding hydrogens is 415 g/mol. The van der Waals surface area contributed by atoms with E-state index in [1.165, 1.54) is 35.7 Å². The zero-order valence-corrected chi connectivity index (χ0v) is 16.8. The predicted molar refractivity (Wildman–Crippen MR) is 112 cm³/mol. The van der Waals surface area contributed by atoms with E-state index in [0.717, 1.165) is 5.56 Å². The maximum Gasteiger partial charge on any atom is 0.263 e. The second kappa shape index (κ2) is 7.80. The van der Waals surface area contributed by atoms with Gasteiger partial charge in [-0.2, -0.15) is 0 Å². The van der Waals surface area contributed by atoms with Crippen molar-refractivity contribution in [2.24, 2.45) is 0 Å². The molecule has 3 aromatic rings. The van der Waals surface area contributed by atoms with Gasteiger partial charge in [0, 0.05) is 30.9 Å². The first-order valence-corrected chi connectivity index (χ1v) is 11.1. The summed E-state index contributed by atoms with van der Waals surface area (Å²) in [5.41, 5.74) is 1.99. The molecule has 0 saturated carbocycles. The average molecular weight is 435 g/mol. The van der Waals surface area contributed by atoms with Gasteiger partial charge in [0.1, 0.15) is 5.82 Å². The van der Waals surface area contributed by atoms with E-state index in [4.69, 9.17) is 0 Å². The molecule has 0 unspecified atom stereocenters. The third kappa shape index (κ3) is 4.22. The molecule has 0 spiro atoms. The smallest absolute Gasteiger partial charge is 0.263 e. The van der Waals surface area contributed by atoms with Crippen LogP contribution >= 0.6 is 11.3 Å². The lowest BCUT2D eigenvalue weighted by Crippen LogP contribution is -2.34. The number of carbonyl (C=O) groups is 1. The van der Waals surface area contributed by atoms with Gasteiger partial charge < -0.3 is 10.2 Å². The number of thiazole rings is 1. The largest absolute Gasteiger partial charge is 0.376 e. The minimum Gasteiger partial charge on any atom is -0.376 e. The molecule has 152 valence electrons. The maximum absolute atomic E-state index is 13.3. The summed E-state index contributed by atoms with van der Waals surface area (Å²) < 4.78 is 40.8. The fourth-order valence-electron chi connectivity index (χ4n) is 3.12. The van der Waals surface area contributed by atoms with Crippen molar-refractivity contribution < 1.29 is 19.0 Å². The first-order chi connectivity index (χ1) is 13.9. The molecule has 1 aliphatic heterocycles. The van der Waals surface area contributed by atoms with Crippen LogP contribution in [0.5, 0.6) is 0 Å². The molecule has 1 aromatic heterocycles. The number of aromatic nitrogens is 1. The number of amides is 1. The van der Waals surface area contributed by atoms with Gasteiger partial charge in [-0.25, -0.2) is 17.8 Å². The second-order valence-electron chi connectivity index (χ2n) is 6.39. The van der Waals surface area contributed by atoms with Crippen LogP contribution in [0.4, 0.5) is 20.9 Å². The number of sulfonamides is 1. The van der Waals surface area contributed by atoms with Gasteiger partial charge in [-0.3, -0.25) is 9.52 Å². The molecule has 0 atom stereocenters. The maximum atomic E-state index is 13.3. The number of hydrogen-bond acceptors (Lipinski definition) is 6. The van der Waals surface area contributed by atoms with Gasteiger partial charge in [0.2, 0.25) is 5.91 Å². The van der Waals surface area contributed by atoms with E-state index in [0.29, 0.717) is 29.5 Å². The third-order valence-electron chi connectivity index (χ3n) is 4.48. The van der Waals surface area contributed by atoms with E-state index >= 15 is 0 Å². The summed E-state index contributed by atoms with van der Waals surface area (Å²) in [6, 6.07) is 10.6. The number of nitrogens with one attached hydrogen (secondary N) is 2. The average Bonchev–Trinajstić information content (AvgIpc) is 3.35. The van der Waals surface area contributed by atoms with Crippen LogP contribution in [-0.2, 0) is 21.2 Å². The van der Waals surface area contributed by atoms with Crippen LogP contribution in [0.15, 0.2) is 58.9 Å². The van der Waals surface area contributed by atoms with Crippen LogP contribution in [0.3, 0.4) is 0 Å². The van der Waals surface area contributed by atoms with E-state index in [9.17, 15) is 17.6 Å². The Balaban J connectivity index is 0.00000256. The Morgan fingerprint density at radius 2 is 2.14 bits per heavy atom. The fraction of sp³-hybridized carbons (Fsp3) is 0.158. The Morgan fingerprint density at radius 3 is 2.90 bits per heavy atom. The van der Waals surface area contributed by atoms with Gasteiger partial charge in [0.05, 0.1) is 11.4 Å². The SMILES string of the molecule is O=C(CNc1cccc(F)c1)N1CCc2cc(S(=O)(=O)Nc3nccs3)ccc21.[HH]. The topological polar surface area (TPSA) is 91.4 Å². The quantitative estimate of drug-likeness (QED) is 0.621. The van der Waals surface area contributed by atoms with Crippen molar-refractivity contribution in [3.63, 3.8) is 0 Å². The predicted octanol–water partition coefficient (Wildman–Crippen LogP) is 3.33. The molecule has 2 N–H and O–H groups in total. The zero-order valence-electron chi connectivity index (χ0n) is 15.1. The highest BCUT2D eigenvalue weighted by Crippen LogP contribution is 2.31. The molecule has 0 radical (unpaired) electrons. The van der Waals surface area contributed by atoms with E-state index in [2.05, 4.69) is 15.0 Å². The van der Waals surface area contributed by atoms with Crippen LogP contribution in [0.2, 0.25) is 0 Å². The Bertz CT molecular complexity index is 1160. The van der Waals surface area contributed by atoms with Crippen molar-refractivity contribution >= 4 is 43.8 Å². The number of hydrogen-bond donors (Lipinski definition) is 2. The number of anilines is 3. The Kier molecular flexibility index (Phi) is 5.20. The van der Waals surface area contributed by atoms with Crippen LogP contribution in [0.25, 0.3) is 0 Å². The highest BCUT2D eigenvalue weighted by atomic mass is 32.2. The summed E-state index contributed by atoms with van der Waals surface area (Å²) in [6.07, 6.45) is 2.08. The number of halogens is 1. The Hall–Kier alpha value is -2.98. The molecular formula is C19H19FN4O3S2. The normalized spacial score (nSPS) is 13.2. The minimum atomic E-state index is -3.75. The van der Waals surface area contributed by atoms with E-state index < -0.39 is 10.0 Å². The fourth-order valence-corrected chi connectivity index (χ4v) is 4.96. The number of carbonyl (C=O) groups excluding carboxylic acids is 1. The van der Waals surface area contributed by atoms with Crippen molar-refractivity contribution in [3.8, 4) is 0 Å². The number of benzene rings is 2. The highest BCUT2D eigenvalue weighted by Gasteiger charge is 2.26. The van der Waals surface area contributed by atoms with Crippen LogP contribution < -0.4 is 14.9 Å².